The first-order chi connectivity index (χ1) is 12.2. The van der Waals surface area contributed by atoms with Crippen molar-refractivity contribution in [3.63, 3.8) is 0 Å². The van der Waals surface area contributed by atoms with Gasteiger partial charge in [0.1, 0.15) is 0 Å². The van der Waals surface area contributed by atoms with Crippen molar-refractivity contribution in [1.29, 1.82) is 0 Å². The molecule has 0 spiro atoms. The Kier molecular flexibility index (Phi) is 4.66. The number of likely N-dealkylation sites (tertiary alicyclic amines) is 1. The molecule has 1 N–H and O–H groups in total. The molecule has 134 valence electrons. The Morgan fingerprint density at radius 1 is 1.12 bits per heavy atom. The highest BCUT2D eigenvalue weighted by atomic mass is 16.2. The van der Waals surface area contributed by atoms with Gasteiger partial charge in [-0.15, -0.1) is 0 Å². The largest absolute Gasteiger partial charge is 0.371 e. The molecule has 2 amide bonds. The van der Waals surface area contributed by atoms with Crippen LogP contribution in [0.2, 0.25) is 0 Å². The summed E-state index contributed by atoms with van der Waals surface area (Å²) < 4.78 is 0. The Labute approximate surface area is 150 Å². The van der Waals surface area contributed by atoms with Crippen LogP contribution >= 0.6 is 0 Å². The van der Waals surface area contributed by atoms with Gasteiger partial charge in [-0.2, -0.15) is 0 Å². The van der Waals surface area contributed by atoms with Crippen LogP contribution in [0.15, 0.2) is 30.4 Å². The summed E-state index contributed by atoms with van der Waals surface area (Å²) in [6.07, 6.45) is 8.06. The number of hydrogen-bond acceptors (Lipinski definition) is 3. The average Bonchev–Trinajstić information content (AvgIpc) is 3.35. The van der Waals surface area contributed by atoms with E-state index in [2.05, 4.69) is 46.3 Å². The van der Waals surface area contributed by atoms with Crippen molar-refractivity contribution in [3.05, 3.63) is 35.9 Å². The van der Waals surface area contributed by atoms with Crippen molar-refractivity contribution in [2.75, 3.05) is 49.5 Å². The molecule has 3 aliphatic rings. The predicted octanol–water partition coefficient (Wildman–Crippen LogP) is 3.07. The van der Waals surface area contributed by atoms with E-state index < -0.39 is 0 Å². The minimum absolute atomic E-state index is 0.0305. The maximum Gasteiger partial charge on any atom is 0.321 e. The van der Waals surface area contributed by atoms with Gasteiger partial charge in [0.25, 0.3) is 0 Å². The highest BCUT2D eigenvalue weighted by molar-refractivity contribution is 5.90. The van der Waals surface area contributed by atoms with E-state index in [-0.39, 0.29) is 6.03 Å². The molecule has 25 heavy (non-hydrogen) atoms. The fourth-order valence-corrected chi connectivity index (χ4v) is 4.27. The van der Waals surface area contributed by atoms with Gasteiger partial charge in [-0.1, -0.05) is 12.2 Å². The fraction of sp³-hybridized carbons (Fsp3) is 0.550. The molecule has 5 nitrogen and oxygen atoms in total. The van der Waals surface area contributed by atoms with Crippen molar-refractivity contribution < 1.29 is 4.79 Å². The first-order valence-corrected chi connectivity index (χ1v) is 9.51. The second kappa shape index (κ2) is 7.08. The number of carbonyl (C=O) groups is 1. The van der Waals surface area contributed by atoms with Crippen molar-refractivity contribution in [1.82, 2.24) is 9.80 Å². The van der Waals surface area contributed by atoms with Gasteiger partial charge < -0.3 is 15.1 Å². The number of benzene rings is 1. The maximum absolute atomic E-state index is 12.6. The summed E-state index contributed by atoms with van der Waals surface area (Å²) in [6, 6.07) is 6.82. The van der Waals surface area contributed by atoms with Crippen LogP contribution in [-0.4, -0.2) is 61.1 Å². The molecule has 0 aromatic heterocycles. The molecule has 0 radical (unpaired) electrons. The van der Waals surface area contributed by atoms with E-state index in [1.807, 2.05) is 11.0 Å². The first kappa shape index (κ1) is 16.5. The Hall–Kier alpha value is -2.01. The number of anilines is 2. The van der Waals surface area contributed by atoms with Gasteiger partial charge in [0.05, 0.1) is 0 Å². The molecule has 0 saturated carbocycles. The summed E-state index contributed by atoms with van der Waals surface area (Å²) in [5, 5.41) is 3.09. The zero-order valence-electron chi connectivity index (χ0n) is 15.1. The van der Waals surface area contributed by atoms with Crippen LogP contribution < -0.4 is 10.2 Å². The van der Waals surface area contributed by atoms with Gasteiger partial charge in [0.15, 0.2) is 0 Å². The van der Waals surface area contributed by atoms with Gasteiger partial charge in [-0.25, -0.2) is 4.79 Å². The molecule has 3 heterocycles. The number of carbonyl (C=O) groups excluding carboxylic acids is 1. The van der Waals surface area contributed by atoms with Crippen molar-refractivity contribution in [2.24, 2.45) is 0 Å². The molecule has 0 bridgehead atoms. The highest BCUT2D eigenvalue weighted by Crippen LogP contribution is 2.27. The normalized spacial score (nSPS) is 23.6. The lowest BCUT2D eigenvalue weighted by Gasteiger charge is -2.24. The summed E-state index contributed by atoms with van der Waals surface area (Å²) >= 11 is 0. The lowest BCUT2D eigenvalue weighted by Crippen LogP contribution is -2.38. The lowest BCUT2D eigenvalue weighted by molar-refractivity contribution is 0.212. The molecule has 1 aromatic rings. The minimum Gasteiger partial charge on any atom is -0.371 e. The van der Waals surface area contributed by atoms with Gasteiger partial charge in [-0.05, 0) is 49.9 Å². The molecular weight excluding hydrogens is 312 g/mol. The predicted molar refractivity (Wildman–Crippen MR) is 102 cm³/mol. The average molecular weight is 340 g/mol. The molecule has 1 aromatic carbocycles. The summed E-state index contributed by atoms with van der Waals surface area (Å²) in [7, 11) is 0. The summed E-state index contributed by atoms with van der Waals surface area (Å²) in [5.74, 6) is 0. The highest BCUT2D eigenvalue weighted by Gasteiger charge is 2.30. The van der Waals surface area contributed by atoms with E-state index in [4.69, 9.17) is 0 Å². The van der Waals surface area contributed by atoms with Crippen LogP contribution in [0.1, 0.15) is 24.8 Å². The third-order valence-electron chi connectivity index (χ3n) is 5.71. The number of nitrogens with one attached hydrogen (secondary N) is 1. The third-order valence-corrected chi connectivity index (χ3v) is 5.71. The molecule has 0 aliphatic carbocycles. The smallest absolute Gasteiger partial charge is 0.321 e. The Morgan fingerprint density at radius 3 is 2.60 bits per heavy atom. The Morgan fingerprint density at radius 2 is 1.88 bits per heavy atom. The van der Waals surface area contributed by atoms with Gasteiger partial charge in [-0.3, -0.25) is 4.90 Å². The molecule has 3 aliphatic heterocycles. The van der Waals surface area contributed by atoms with Crippen LogP contribution in [0.5, 0.6) is 0 Å². The zero-order valence-corrected chi connectivity index (χ0v) is 15.1. The number of nitrogens with zero attached hydrogens (tertiary/aromatic N) is 3. The van der Waals surface area contributed by atoms with Crippen LogP contribution in [0.3, 0.4) is 0 Å². The second-order valence-electron chi connectivity index (χ2n) is 7.44. The summed E-state index contributed by atoms with van der Waals surface area (Å²) in [5.41, 5.74) is 3.44. The van der Waals surface area contributed by atoms with E-state index in [1.165, 1.54) is 24.1 Å². The third kappa shape index (κ3) is 3.52. The molecule has 2 saturated heterocycles. The second-order valence-corrected chi connectivity index (χ2v) is 7.44. The molecule has 1 atom stereocenters. The van der Waals surface area contributed by atoms with E-state index in [0.29, 0.717) is 6.04 Å². The molecule has 5 heteroatoms. The van der Waals surface area contributed by atoms with Crippen molar-refractivity contribution in [3.8, 4) is 0 Å². The summed E-state index contributed by atoms with van der Waals surface area (Å²) in [6.45, 7) is 8.15. The van der Waals surface area contributed by atoms with Crippen LogP contribution in [0, 0.1) is 6.92 Å². The SMILES string of the molecule is Cc1cc(NC(=O)N2CCC(N3CC=CC3)C2)ccc1N1CCCC1. The number of amides is 2. The standard InChI is InChI=1S/C20H28N4O/c1-16-14-17(6-7-19(16)23-11-4-5-12-23)21-20(25)24-13-8-18(15-24)22-9-2-3-10-22/h2-3,6-7,14,18H,4-5,8-13,15H2,1H3,(H,21,25). The van der Waals surface area contributed by atoms with Gasteiger partial charge in [0, 0.05) is 56.7 Å². The van der Waals surface area contributed by atoms with Crippen LogP contribution in [0.4, 0.5) is 16.2 Å². The van der Waals surface area contributed by atoms with Crippen molar-refractivity contribution in [2.45, 2.75) is 32.2 Å². The van der Waals surface area contributed by atoms with Crippen LogP contribution in [-0.2, 0) is 0 Å². The maximum atomic E-state index is 12.6. The lowest BCUT2D eigenvalue weighted by atomic mass is 10.1. The van der Waals surface area contributed by atoms with E-state index in [9.17, 15) is 4.79 Å². The first-order valence-electron chi connectivity index (χ1n) is 9.51. The van der Waals surface area contributed by atoms with Crippen molar-refractivity contribution >= 4 is 17.4 Å². The quantitative estimate of drug-likeness (QED) is 0.860. The Bertz CT molecular complexity index is 658. The van der Waals surface area contributed by atoms with E-state index >= 15 is 0 Å². The Balaban J connectivity index is 1.35. The van der Waals surface area contributed by atoms with E-state index in [0.717, 1.165) is 51.4 Å². The van der Waals surface area contributed by atoms with Gasteiger partial charge >= 0.3 is 6.03 Å². The minimum atomic E-state index is 0.0305. The van der Waals surface area contributed by atoms with E-state index in [1.54, 1.807) is 0 Å². The fourth-order valence-electron chi connectivity index (χ4n) is 4.27. The monoisotopic (exact) mass is 340 g/mol. The van der Waals surface area contributed by atoms with Gasteiger partial charge in [0.2, 0.25) is 0 Å². The molecule has 2 fully saturated rings. The van der Waals surface area contributed by atoms with Crippen LogP contribution in [0.25, 0.3) is 0 Å². The molecule has 1 unspecified atom stereocenters. The summed E-state index contributed by atoms with van der Waals surface area (Å²) in [4.78, 5) is 19.4. The molecular formula is C20H28N4O. The molecule has 4 rings (SSSR count). The number of aryl methyl sites for hydroxylation is 1. The number of urea groups is 1. The topological polar surface area (TPSA) is 38.8 Å². The zero-order chi connectivity index (χ0) is 17.2. The number of rotatable bonds is 3. The number of hydrogen-bond donors (Lipinski definition) is 1.